The Kier molecular flexibility index (Phi) is 6.46. The normalized spacial score (nSPS) is 9.79. The summed E-state index contributed by atoms with van der Waals surface area (Å²) in [6, 6.07) is 7.44. The zero-order valence-corrected chi connectivity index (χ0v) is 11.0. The highest BCUT2D eigenvalue weighted by Crippen LogP contribution is 2.13. The van der Waals surface area contributed by atoms with Crippen LogP contribution in [0.4, 0.5) is 4.79 Å². The van der Waals surface area contributed by atoms with Gasteiger partial charge in [0.2, 0.25) is 0 Å². The van der Waals surface area contributed by atoms with Crippen LogP contribution in [0.15, 0.2) is 36.9 Å². The van der Waals surface area contributed by atoms with Gasteiger partial charge < -0.3 is 19.5 Å². The van der Waals surface area contributed by atoms with Gasteiger partial charge in [0.15, 0.2) is 0 Å². The van der Waals surface area contributed by atoms with Gasteiger partial charge in [-0.25, -0.2) is 4.79 Å². The van der Waals surface area contributed by atoms with Crippen molar-refractivity contribution in [2.24, 2.45) is 0 Å². The molecule has 104 valence electrons. The van der Waals surface area contributed by atoms with Gasteiger partial charge in [-0.15, -0.1) is 0 Å². The van der Waals surface area contributed by atoms with E-state index in [1.54, 1.807) is 13.1 Å². The lowest BCUT2D eigenvalue weighted by atomic mass is 10.2. The van der Waals surface area contributed by atoms with Gasteiger partial charge in [-0.3, -0.25) is 0 Å². The number of amides is 1. The van der Waals surface area contributed by atoms with Crippen LogP contribution in [0.3, 0.4) is 0 Å². The van der Waals surface area contributed by atoms with E-state index in [0.717, 1.165) is 11.3 Å². The number of aliphatic hydroxyl groups is 1. The summed E-state index contributed by atoms with van der Waals surface area (Å²) >= 11 is 0. The fraction of sp³-hybridized carbons (Fsp3) is 0.357. The van der Waals surface area contributed by atoms with Crippen molar-refractivity contribution in [2.45, 2.75) is 6.54 Å². The van der Waals surface area contributed by atoms with Crippen LogP contribution in [0.1, 0.15) is 5.56 Å². The van der Waals surface area contributed by atoms with E-state index < -0.39 is 6.09 Å². The standard InChI is InChI=1S/C14H19NO4/c1-3-9-18-13-6-4-12(5-7-13)11-15(2)14(17)19-10-8-16/h3-7,16H,1,8-11H2,2H3. The number of carbonyl (C=O) groups is 1. The molecule has 1 amide bonds. The third-order valence-electron chi connectivity index (χ3n) is 2.34. The van der Waals surface area contributed by atoms with Gasteiger partial charge in [0.25, 0.3) is 0 Å². The molecule has 0 unspecified atom stereocenters. The zero-order valence-electron chi connectivity index (χ0n) is 11.0. The fourth-order valence-electron chi connectivity index (χ4n) is 1.43. The van der Waals surface area contributed by atoms with Crippen LogP contribution in [0.25, 0.3) is 0 Å². The van der Waals surface area contributed by atoms with Gasteiger partial charge in [0.1, 0.15) is 19.0 Å². The fourth-order valence-corrected chi connectivity index (χ4v) is 1.43. The van der Waals surface area contributed by atoms with Crippen LogP contribution >= 0.6 is 0 Å². The van der Waals surface area contributed by atoms with Crippen LogP contribution in [-0.4, -0.2) is 43.0 Å². The molecule has 0 saturated carbocycles. The number of rotatable bonds is 7. The van der Waals surface area contributed by atoms with Crippen molar-refractivity contribution in [1.29, 1.82) is 0 Å². The SMILES string of the molecule is C=CCOc1ccc(CN(C)C(=O)OCCO)cc1. The first-order valence-electron chi connectivity index (χ1n) is 5.98. The van der Waals surface area contributed by atoms with Crippen LogP contribution in [0.5, 0.6) is 5.75 Å². The largest absolute Gasteiger partial charge is 0.490 e. The summed E-state index contributed by atoms with van der Waals surface area (Å²) in [6.07, 6.45) is 1.22. The number of benzene rings is 1. The minimum Gasteiger partial charge on any atom is -0.490 e. The summed E-state index contributed by atoms with van der Waals surface area (Å²) in [5.41, 5.74) is 0.967. The molecule has 19 heavy (non-hydrogen) atoms. The third kappa shape index (κ3) is 5.44. The van der Waals surface area contributed by atoms with Crippen molar-refractivity contribution in [3.05, 3.63) is 42.5 Å². The maximum absolute atomic E-state index is 11.5. The molecular formula is C14H19NO4. The van der Waals surface area contributed by atoms with Gasteiger partial charge in [0, 0.05) is 13.6 Å². The molecule has 0 radical (unpaired) electrons. The van der Waals surface area contributed by atoms with Crippen molar-refractivity contribution in [2.75, 3.05) is 26.9 Å². The number of hydrogen-bond donors (Lipinski definition) is 1. The van der Waals surface area contributed by atoms with Crippen LogP contribution in [0, 0.1) is 0 Å². The van der Waals surface area contributed by atoms with Gasteiger partial charge in [-0.1, -0.05) is 24.8 Å². The summed E-state index contributed by atoms with van der Waals surface area (Å²) in [5.74, 6) is 0.758. The topological polar surface area (TPSA) is 59.0 Å². The molecular weight excluding hydrogens is 246 g/mol. The lowest BCUT2D eigenvalue weighted by Gasteiger charge is -2.16. The highest BCUT2D eigenvalue weighted by molar-refractivity contribution is 5.67. The van der Waals surface area contributed by atoms with Crippen molar-refractivity contribution in [3.8, 4) is 5.75 Å². The predicted octanol–water partition coefficient (Wildman–Crippen LogP) is 1.81. The summed E-state index contributed by atoms with van der Waals surface area (Å²) in [4.78, 5) is 12.9. The predicted molar refractivity (Wildman–Crippen MR) is 72.0 cm³/mol. The Labute approximate surface area is 113 Å². The summed E-state index contributed by atoms with van der Waals surface area (Å²) in [6.45, 7) is 4.32. The van der Waals surface area contributed by atoms with Crippen LogP contribution in [-0.2, 0) is 11.3 Å². The molecule has 1 aromatic carbocycles. The highest BCUT2D eigenvalue weighted by Gasteiger charge is 2.09. The molecule has 0 bridgehead atoms. The van der Waals surface area contributed by atoms with Crippen molar-refractivity contribution < 1.29 is 19.4 Å². The lowest BCUT2D eigenvalue weighted by molar-refractivity contribution is 0.0894. The van der Waals surface area contributed by atoms with Crippen LogP contribution in [0.2, 0.25) is 0 Å². The Morgan fingerprint density at radius 3 is 2.68 bits per heavy atom. The minimum atomic E-state index is -0.457. The van der Waals surface area contributed by atoms with Gasteiger partial charge in [0.05, 0.1) is 6.61 Å². The molecule has 0 spiro atoms. The van der Waals surface area contributed by atoms with Gasteiger partial charge in [-0.05, 0) is 17.7 Å². The molecule has 0 saturated heterocycles. The van der Waals surface area contributed by atoms with Crippen molar-refractivity contribution in [3.63, 3.8) is 0 Å². The molecule has 0 aliphatic rings. The van der Waals surface area contributed by atoms with E-state index in [1.165, 1.54) is 4.90 Å². The van der Waals surface area contributed by atoms with E-state index in [-0.39, 0.29) is 13.2 Å². The number of carbonyl (C=O) groups excluding carboxylic acids is 1. The average molecular weight is 265 g/mol. The quantitative estimate of drug-likeness (QED) is 0.764. The minimum absolute atomic E-state index is 0.0114. The Morgan fingerprint density at radius 1 is 1.42 bits per heavy atom. The van der Waals surface area contributed by atoms with E-state index in [9.17, 15) is 4.79 Å². The van der Waals surface area contributed by atoms with Gasteiger partial charge in [-0.2, -0.15) is 0 Å². The second-order valence-corrected chi connectivity index (χ2v) is 3.94. The van der Waals surface area contributed by atoms with Crippen LogP contribution < -0.4 is 4.74 Å². The second kappa shape index (κ2) is 8.16. The molecule has 0 aromatic heterocycles. The maximum atomic E-state index is 11.5. The zero-order chi connectivity index (χ0) is 14.1. The Balaban J connectivity index is 2.47. The molecule has 5 heteroatoms. The molecule has 5 nitrogen and oxygen atoms in total. The summed E-state index contributed by atoms with van der Waals surface area (Å²) < 4.78 is 10.2. The first-order chi connectivity index (χ1) is 9.17. The third-order valence-corrected chi connectivity index (χ3v) is 2.34. The number of aliphatic hydroxyl groups excluding tert-OH is 1. The first-order valence-corrected chi connectivity index (χ1v) is 5.98. The molecule has 0 aliphatic carbocycles. The van der Waals surface area contributed by atoms with E-state index >= 15 is 0 Å². The molecule has 0 fully saturated rings. The molecule has 1 N–H and O–H groups in total. The Hall–Kier alpha value is -2.01. The molecule has 0 atom stereocenters. The Bertz CT molecular complexity index is 402. The first kappa shape index (κ1) is 15.0. The summed E-state index contributed by atoms with van der Waals surface area (Å²) in [5, 5.41) is 8.57. The van der Waals surface area contributed by atoms with E-state index in [2.05, 4.69) is 6.58 Å². The highest BCUT2D eigenvalue weighted by atomic mass is 16.6. The maximum Gasteiger partial charge on any atom is 0.409 e. The number of nitrogens with zero attached hydrogens (tertiary/aromatic N) is 1. The van der Waals surface area contributed by atoms with E-state index in [0.29, 0.717) is 13.2 Å². The molecule has 0 aliphatic heterocycles. The smallest absolute Gasteiger partial charge is 0.409 e. The number of ether oxygens (including phenoxy) is 2. The summed E-state index contributed by atoms with van der Waals surface area (Å²) in [7, 11) is 1.64. The monoisotopic (exact) mass is 265 g/mol. The molecule has 0 heterocycles. The van der Waals surface area contributed by atoms with Gasteiger partial charge >= 0.3 is 6.09 Å². The van der Waals surface area contributed by atoms with E-state index in [4.69, 9.17) is 14.6 Å². The average Bonchev–Trinajstić information content (AvgIpc) is 2.43. The molecule has 1 rings (SSSR count). The second-order valence-electron chi connectivity index (χ2n) is 3.94. The Morgan fingerprint density at radius 2 is 2.11 bits per heavy atom. The lowest BCUT2D eigenvalue weighted by Crippen LogP contribution is -2.27. The molecule has 1 aromatic rings. The van der Waals surface area contributed by atoms with E-state index in [1.807, 2.05) is 24.3 Å². The van der Waals surface area contributed by atoms with Crippen molar-refractivity contribution in [1.82, 2.24) is 4.90 Å². The number of hydrogen-bond acceptors (Lipinski definition) is 4. The van der Waals surface area contributed by atoms with Crippen molar-refractivity contribution >= 4 is 6.09 Å².